The Morgan fingerprint density at radius 2 is 1.70 bits per heavy atom. The Kier molecular flexibility index (Phi) is 5.66. The molecule has 0 spiro atoms. The van der Waals surface area contributed by atoms with Crippen molar-refractivity contribution in [1.82, 2.24) is 19.9 Å². The molecule has 2 aromatic carbocycles. The summed E-state index contributed by atoms with van der Waals surface area (Å²) >= 11 is 0. The molecule has 1 N–H and O–H groups in total. The Labute approximate surface area is 175 Å². The third kappa shape index (κ3) is 3.98. The second kappa shape index (κ2) is 8.69. The molecule has 2 heterocycles. The van der Waals surface area contributed by atoms with Crippen molar-refractivity contribution >= 4 is 28.3 Å². The van der Waals surface area contributed by atoms with Crippen LogP contribution in [0.5, 0.6) is 0 Å². The summed E-state index contributed by atoms with van der Waals surface area (Å²) in [5.74, 6) is 0.945. The molecular weight excluding hydrogens is 374 g/mol. The van der Waals surface area contributed by atoms with Crippen LogP contribution in [0.25, 0.3) is 22.3 Å². The van der Waals surface area contributed by atoms with Gasteiger partial charge in [0.05, 0.1) is 11.2 Å². The van der Waals surface area contributed by atoms with Crippen LogP contribution < -0.4 is 5.32 Å². The van der Waals surface area contributed by atoms with Gasteiger partial charge in [-0.1, -0.05) is 48.5 Å². The van der Waals surface area contributed by atoms with Crippen molar-refractivity contribution in [3.8, 4) is 11.4 Å². The van der Waals surface area contributed by atoms with Crippen LogP contribution in [0.3, 0.4) is 0 Å². The van der Waals surface area contributed by atoms with Crippen molar-refractivity contribution < 1.29 is 4.79 Å². The molecular formula is C24H23N5O. The van der Waals surface area contributed by atoms with E-state index in [9.17, 15) is 4.79 Å². The molecule has 0 aliphatic rings. The fraction of sp³-hybridized carbons (Fsp3) is 0.167. The van der Waals surface area contributed by atoms with Gasteiger partial charge in [0.2, 0.25) is 0 Å². The SMILES string of the molecule is CCN(CC)C(=O)c1cc(Nc2cccc3cccnc23)nc(-c2ccccc2)n1. The van der Waals surface area contributed by atoms with Gasteiger partial charge >= 0.3 is 0 Å². The van der Waals surface area contributed by atoms with Gasteiger partial charge in [0.1, 0.15) is 11.5 Å². The molecule has 0 saturated carbocycles. The summed E-state index contributed by atoms with van der Waals surface area (Å²) in [6.45, 7) is 5.16. The Morgan fingerprint density at radius 3 is 2.47 bits per heavy atom. The number of nitrogens with zero attached hydrogens (tertiary/aromatic N) is 4. The maximum atomic E-state index is 13.0. The Hall–Kier alpha value is -3.80. The number of amides is 1. The number of nitrogens with one attached hydrogen (secondary N) is 1. The molecule has 4 rings (SSSR count). The summed E-state index contributed by atoms with van der Waals surface area (Å²) in [5.41, 5.74) is 2.89. The van der Waals surface area contributed by atoms with Crippen LogP contribution in [0.2, 0.25) is 0 Å². The molecule has 0 bridgehead atoms. The maximum Gasteiger partial charge on any atom is 0.272 e. The van der Waals surface area contributed by atoms with Crippen molar-refractivity contribution in [1.29, 1.82) is 0 Å². The summed E-state index contributed by atoms with van der Waals surface area (Å²) in [7, 11) is 0. The Bertz CT molecular complexity index is 1170. The number of aromatic nitrogens is 3. The summed E-state index contributed by atoms with van der Waals surface area (Å²) in [6.07, 6.45) is 1.76. The van der Waals surface area contributed by atoms with Gasteiger partial charge in [-0.3, -0.25) is 9.78 Å². The number of benzene rings is 2. The highest BCUT2D eigenvalue weighted by atomic mass is 16.2. The van der Waals surface area contributed by atoms with Gasteiger partial charge < -0.3 is 10.2 Å². The molecule has 0 aliphatic carbocycles. The highest BCUT2D eigenvalue weighted by molar-refractivity contribution is 5.95. The highest BCUT2D eigenvalue weighted by Gasteiger charge is 2.18. The minimum atomic E-state index is -0.112. The van der Waals surface area contributed by atoms with Crippen molar-refractivity contribution in [2.24, 2.45) is 0 Å². The van der Waals surface area contributed by atoms with Gasteiger partial charge in [0, 0.05) is 36.3 Å². The average Bonchev–Trinajstić information content (AvgIpc) is 2.80. The number of para-hydroxylation sites is 1. The first-order valence-electron chi connectivity index (χ1n) is 10.0. The minimum absolute atomic E-state index is 0.112. The number of hydrogen-bond donors (Lipinski definition) is 1. The topological polar surface area (TPSA) is 71.0 Å². The van der Waals surface area contributed by atoms with Crippen molar-refractivity contribution in [2.45, 2.75) is 13.8 Å². The first-order valence-corrected chi connectivity index (χ1v) is 10.0. The van der Waals surface area contributed by atoms with Gasteiger partial charge in [-0.05, 0) is 26.0 Å². The normalized spacial score (nSPS) is 10.7. The first-order chi connectivity index (χ1) is 14.7. The Balaban J connectivity index is 1.80. The number of hydrogen-bond acceptors (Lipinski definition) is 5. The molecule has 30 heavy (non-hydrogen) atoms. The second-order valence-corrected chi connectivity index (χ2v) is 6.81. The summed E-state index contributed by atoms with van der Waals surface area (Å²) in [5, 5.41) is 4.37. The monoisotopic (exact) mass is 397 g/mol. The van der Waals surface area contributed by atoms with E-state index in [0.29, 0.717) is 30.4 Å². The van der Waals surface area contributed by atoms with Crippen LogP contribution in [-0.2, 0) is 0 Å². The zero-order valence-corrected chi connectivity index (χ0v) is 17.0. The number of fused-ring (bicyclic) bond motifs is 1. The lowest BCUT2D eigenvalue weighted by molar-refractivity contribution is 0.0767. The summed E-state index contributed by atoms with van der Waals surface area (Å²) in [6, 6.07) is 21.2. The number of carbonyl (C=O) groups is 1. The zero-order chi connectivity index (χ0) is 20.9. The van der Waals surface area contributed by atoms with Crippen molar-refractivity contribution in [2.75, 3.05) is 18.4 Å². The van der Waals surface area contributed by atoms with Gasteiger partial charge in [0.15, 0.2) is 5.82 Å². The predicted molar refractivity (Wildman–Crippen MR) is 120 cm³/mol. The van der Waals surface area contributed by atoms with Gasteiger partial charge in [-0.2, -0.15) is 0 Å². The standard InChI is InChI=1S/C24H23N5O/c1-3-29(4-2)24(30)20-16-21(28-23(27-20)18-10-6-5-7-11-18)26-19-14-8-12-17-13-9-15-25-22(17)19/h5-16H,3-4H2,1-2H3,(H,26,27,28). The molecule has 6 heteroatoms. The third-order valence-corrected chi connectivity index (χ3v) is 4.92. The molecule has 0 radical (unpaired) electrons. The molecule has 150 valence electrons. The van der Waals surface area contributed by atoms with Crippen LogP contribution in [0.4, 0.5) is 11.5 Å². The summed E-state index contributed by atoms with van der Waals surface area (Å²) < 4.78 is 0. The van der Waals surface area contributed by atoms with Crippen LogP contribution in [0, 0.1) is 0 Å². The third-order valence-electron chi connectivity index (χ3n) is 4.92. The quantitative estimate of drug-likeness (QED) is 0.500. The van der Waals surface area contributed by atoms with E-state index in [1.165, 1.54) is 0 Å². The lowest BCUT2D eigenvalue weighted by Gasteiger charge is -2.19. The van der Waals surface area contributed by atoms with E-state index in [0.717, 1.165) is 22.2 Å². The van der Waals surface area contributed by atoms with Gasteiger partial charge in [-0.25, -0.2) is 9.97 Å². The van der Waals surface area contributed by atoms with Crippen LogP contribution >= 0.6 is 0 Å². The smallest absolute Gasteiger partial charge is 0.272 e. The first kappa shape index (κ1) is 19.5. The van der Waals surface area contributed by atoms with Crippen molar-refractivity contribution in [3.05, 3.63) is 78.6 Å². The molecule has 1 amide bonds. The number of pyridine rings is 1. The van der Waals surface area contributed by atoms with E-state index in [1.54, 1.807) is 17.2 Å². The number of rotatable bonds is 6. The molecule has 4 aromatic rings. The van der Waals surface area contributed by atoms with Gasteiger partial charge in [0.25, 0.3) is 5.91 Å². The Morgan fingerprint density at radius 1 is 0.933 bits per heavy atom. The molecule has 0 unspecified atom stereocenters. The zero-order valence-electron chi connectivity index (χ0n) is 17.0. The second-order valence-electron chi connectivity index (χ2n) is 6.81. The molecule has 2 aromatic heterocycles. The summed E-state index contributed by atoms with van der Waals surface area (Å²) in [4.78, 5) is 28.5. The highest BCUT2D eigenvalue weighted by Crippen LogP contribution is 2.26. The predicted octanol–water partition coefficient (Wildman–Crippen LogP) is 4.92. The fourth-order valence-corrected chi connectivity index (χ4v) is 3.35. The van der Waals surface area contributed by atoms with E-state index in [1.807, 2.05) is 74.5 Å². The van der Waals surface area contributed by atoms with E-state index >= 15 is 0 Å². The molecule has 0 aliphatic heterocycles. The largest absolute Gasteiger partial charge is 0.338 e. The lowest BCUT2D eigenvalue weighted by atomic mass is 10.2. The molecule has 0 fully saturated rings. The number of carbonyl (C=O) groups excluding carboxylic acids is 1. The van der Waals surface area contributed by atoms with E-state index in [2.05, 4.69) is 20.3 Å². The molecule has 0 saturated heterocycles. The molecule has 0 atom stereocenters. The maximum absolute atomic E-state index is 13.0. The minimum Gasteiger partial charge on any atom is -0.338 e. The van der Waals surface area contributed by atoms with E-state index in [4.69, 9.17) is 0 Å². The molecule has 6 nitrogen and oxygen atoms in total. The van der Waals surface area contributed by atoms with Gasteiger partial charge in [-0.15, -0.1) is 0 Å². The van der Waals surface area contributed by atoms with Crippen molar-refractivity contribution in [3.63, 3.8) is 0 Å². The lowest BCUT2D eigenvalue weighted by Crippen LogP contribution is -2.31. The van der Waals surface area contributed by atoms with Crippen LogP contribution in [-0.4, -0.2) is 38.8 Å². The number of anilines is 2. The van der Waals surface area contributed by atoms with Crippen LogP contribution in [0.15, 0.2) is 72.9 Å². The average molecular weight is 397 g/mol. The van der Waals surface area contributed by atoms with Crippen LogP contribution in [0.1, 0.15) is 24.3 Å². The van der Waals surface area contributed by atoms with E-state index in [-0.39, 0.29) is 5.91 Å². The van der Waals surface area contributed by atoms with E-state index < -0.39 is 0 Å². The fourth-order valence-electron chi connectivity index (χ4n) is 3.35.